The third kappa shape index (κ3) is 4.19. The van der Waals surface area contributed by atoms with Gasteiger partial charge in [-0.25, -0.2) is 9.40 Å². The van der Waals surface area contributed by atoms with Crippen molar-refractivity contribution in [1.82, 2.24) is 4.90 Å². The molecular weight excluding hydrogens is 361 g/mol. The van der Waals surface area contributed by atoms with E-state index in [1.807, 2.05) is 25.1 Å². The smallest absolute Gasteiger partial charge is 0.270 e. The standard InChI is InChI=1S/C21H22FN3O3/c1-3-24(14-15-9-11-19(28-2)17(22)13-15)21(27)18-10-12-20(26)25(23-18)16-7-5-4-6-8-16/h4-9,11,13H,3,10,12,14H2,1-2H3. The first-order chi connectivity index (χ1) is 13.5. The Morgan fingerprint density at radius 2 is 1.96 bits per heavy atom. The van der Waals surface area contributed by atoms with Gasteiger partial charge in [-0.1, -0.05) is 24.3 Å². The van der Waals surface area contributed by atoms with Crippen LogP contribution < -0.4 is 9.75 Å². The summed E-state index contributed by atoms with van der Waals surface area (Å²) in [6, 6.07) is 13.6. The van der Waals surface area contributed by atoms with Crippen molar-refractivity contribution in [3.8, 4) is 5.75 Å². The van der Waals surface area contributed by atoms with Crippen LogP contribution in [0.3, 0.4) is 0 Å². The summed E-state index contributed by atoms with van der Waals surface area (Å²) in [5, 5.41) is 5.58. The van der Waals surface area contributed by atoms with Gasteiger partial charge in [0.15, 0.2) is 11.6 Å². The molecule has 0 atom stereocenters. The van der Waals surface area contributed by atoms with Crippen molar-refractivity contribution in [1.29, 1.82) is 0 Å². The Kier molecular flexibility index (Phi) is 6.03. The molecule has 2 aromatic carbocycles. The van der Waals surface area contributed by atoms with Crippen LogP contribution in [-0.2, 0) is 16.1 Å². The second-order valence-corrected chi connectivity index (χ2v) is 6.38. The number of nitrogens with zero attached hydrogens (tertiary/aromatic N) is 3. The van der Waals surface area contributed by atoms with Crippen LogP contribution in [0.2, 0.25) is 0 Å². The highest BCUT2D eigenvalue weighted by Crippen LogP contribution is 2.22. The molecule has 6 nitrogen and oxygen atoms in total. The summed E-state index contributed by atoms with van der Waals surface area (Å²) in [6.07, 6.45) is 0.503. The lowest BCUT2D eigenvalue weighted by atomic mass is 10.1. The molecular formula is C21H22FN3O3. The molecule has 7 heteroatoms. The number of rotatable bonds is 6. The van der Waals surface area contributed by atoms with Gasteiger partial charge in [-0.2, -0.15) is 5.10 Å². The molecule has 28 heavy (non-hydrogen) atoms. The third-order valence-corrected chi connectivity index (χ3v) is 4.54. The first-order valence-electron chi connectivity index (χ1n) is 9.10. The van der Waals surface area contributed by atoms with Crippen molar-refractivity contribution in [3.05, 3.63) is 59.9 Å². The molecule has 0 bridgehead atoms. The quantitative estimate of drug-likeness (QED) is 0.768. The molecule has 1 aliphatic rings. The maximum absolute atomic E-state index is 13.9. The zero-order valence-electron chi connectivity index (χ0n) is 15.9. The molecule has 3 rings (SSSR count). The predicted molar refractivity (Wildman–Crippen MR) is 105 cm³/mol. The molecule has 2 aromatic rings. The number of hydrazone groups is 1. The number of methoxy groups -OCH3 is 1. The number of hydrogen-bond donors (Lipinski definition) is 0. The van der Waals surface area contributed by atoms with Crippen molar-refractivity contribution in [2.24, 2.45) is 5.10 Å². The van der Waals surface area contributed by atoms with E-state index in [0.29, 0.717) is 23.5 Å². The van der Waals surface area contributed by atoms with E-state index in [0.717, 1.165) is 0 Å². The molecule has 146 valence electrons. The molecule has 1 heterocycles. The number of carbonyl (C=O) groups excluding carboxylic acids is 2. The van der Waals surface area contributed by atoms with Gasteiger partial charge < -0.3 is 9.64 Å². The average molecular weight is 383 g/mol. The van der Waals surface area contributed by atoms with Gasteiger partial charge in [0.25, 0.3) is 5.91 Å². The van der Waals surface area contributed by atoms with E-state index < -0.39 is 5.82 Å². The second-order valence-electron chi connectivity index (χ2n) is 6.38. The summed E-state index contributed by atoms with van der Waals surface area (Å²) >= 11 is 0. The minimum atomic E-state index is -0.473. The monoisotopic (exact) mass is 383 g/mol. The third-order valence-electron chi connectivity index (χ3n) is 4.54. The number of ether oxygens (including phenoxy) is 1. The summed E-state index contributed by atoms with van der Waals surface area (Å²) in [4.78, 5) is 26.8. The molecule has 0 N–H and O–H groups in total. The van der Waals surface area contributed by atoms with Crippen LogP contribution in [0.25, 0.3) is 0 Å². The molecule has 0 unspecified atom stereocenters. The number of halogens is 1. The minimum Gasteiger partial charge on any atom is -0.494 e. The van der Waals surface area contributed by atoms with Crippen LogP contribution in [0, 0.1) is 5.82 Å². The maximum Gasteiger partial charge on any atom is 0.270 e. The molecule has 0 saturated carbocycles. The average Bonchev–Trinajstić information content (AvgIpc) is 2.72. The largest absolute Gasteiger partial charge is 0.494 e. The van der Waals surface area contributed by atoms with E-state index >= 15 is 0 Å². The van der Waals surface area contributed by atoms with Gasteiger partial charge in [-0.15, -0.1) is 0 Å². The van der Waals surface area contributed by atoms with E-state index in [1.165, 1.54) is 24.3 Å². The van der Waals surface area contributed by atoms with Crippen LogP contribution in [-0.4, -0.2) is 36.1 Å². The number of carbonyl (C=O) groups is 2. The van der Waals surface area contributed by atoms with Crippen LogP contribution in [0.5, 0.6) is 5.75 Å². The number of para-hydroxylation sites is 1. The second kappa shape index (κ2) is 8.65. The Morgan fingerprint density at radius 3 is 2.61 bits per heavy atom. The fourth-order valence-electron chi connectivity index (χ4n) is 3.02. The topological polar surface area (TPSA) is 62.2 Å². The number of amides is 2. The maximum atomic E-state index is 13.9. The minimum absolute atomic E-state index is 0.150. The van der Waals surface area contributed by atoms with E-state index in [2.05, 4.69) is 5.10 Å². The zero-order chi connectivity index (χ0) is 20.1. The van der Waals surface area contributed by atoms with E-state index in [-0.39, 0.29) is 37.0 Å². The molecule has 0 aliphatic carbocycles. The number of hydrogen-bond acceptors (Lipinski definition) is 4. The lowest BCUT2D eigenvalue weighted by Gasteiger charge is -2.27. The van der Waals surface area contributed by atoms with Gasteiger partial charge in [0.1, 0.15) is 5.71 Å². The highest BCUT2D eigenvalue weighted by atomic mass is 19.1. The molecule has 0 spiro atoms. The normalized spacial score (nSPS) is 13.9. The Balaban J connectivity index is 1.80. The SMILES string of the molecule is CCN(Cc1ccc(OC)c(F)c1)C(=O)C1=NN(c2ccccc2)C(=O)CC1. The Hall–Kier alpha value is -3.22. The Bertz CT molecular complexity index is 899. The molecule has 0 saturated heterocycles. The highest BCUT2D eigenvalue weighted by Gasteiger charge is 2.28. The number of anilines is 1. The molecule has 0 radical (unpaired) electrons. The fourth-order valence-corrected chi connectivity index (χ4v) is 3.02. The summed E-state index contributed by atoms with van der Waals surface area (Å²) in [7, 11) is 1.40. The van der Waals surface area contributed by atoms with Crippen molar-refractivity contribution >= 4 is 23.2 Å². The number of benzene rings is 2. The van der Waals surface area contributed by atoms with E-state index in [4.69, 9.17) is 4.74 Å². The highest BCUT2D eigenvalue weighted by molar-refractivity contribution is 6.40. The molecule has 2 amide bonds. The van der Waals surface area contributed by atoms with E-state index in [1.54, 1.807) is 23.1 Å². The van der Waals surface area contributed by atoms with Crippen LogP contribution in [0.1, 0.15) is 25.3 Å². The van der Waals surface area contributed by atoms with Crippen molar-refractivity contribution < 1.29 is 18.7 Å². The lowest BCUT2D eigenvalue weighted by molar-refractivity contribution is -0.124. The van der Waals surface area contributed by atoms with Crippen LogP contribution in [0.4, 0.5) is 10.1 Å². The summed E-state index contributed by atoms with van der Waals surface area (Å²) in [5.41, 5.74) is 1.60. The summed E-state index contributed by atoms with van der Waals surface area (Å²) in [6.45, 7) is 2.53. The molecule has 1 aliphatic heterocycles. The fraction of sp³-hybridized carbons (Fsp3) is 0.286. The molecule has 0 aromatic heterocycles. The summed E-state index contributed by atoms with van der Waals surface area (Å²) < 4.78 is 18.9. The lowest BCUT2D eigenvalue weighted by Crippen LogP contribution is -2.41. The van der Waals surface area contributed by atoms with Crippen molar-refractivity contribution in [2.75, 3.05) is 18.7 Å². The zero-order valence-corrected chi connectivity index (χ0v) is 15.9. The predicted octanol–water partition coefficient (Wildman–Crippen LogP) is 3.37. The van der Waals surface area contributed by atoms with Gasteiger partial charge in [-0.05, 0) is 36.8 Å². The van der Waals surface area contributed by atoms with Gasteiger partial charge in [0.2, 0.25) is 5.91 Å². The summed E-state index contributed by atoms with van der Waals surface area (Å²) in [5.74, 6) is -0.721. The van der Waals surface area contributed by atoms with E-state index in [9.17, 15) is 14.0 Å². The van der Waals surface area contributed by atoms with Crippen molar-refractivity contribution in [2.45, 2.75) is 26.3 Å². The van der Waals surface area contributed by atoms with Crippen molar-refractivity contribution in [3.63, 3.8) is 0 Å². The Labute approximate surface area is 163 Å². The van der Waals surface area contributed by atoms with Crippen LogP contribution >= 0.6 is 0 Å². The first kappa shape index (κ1) is 19.5. The molecule has 0 fully saturated rings. The first-order valence-corrected chi connectivity index (χ1v) is 9.10. The van der Waals surface area contributed by atoms with Gasteiger partial charge in [0, 0.05) is 25.9 Å². The van der Waals surface area contributed by atoms with Gasteiger partial charge in [0.05, 0.1) is 12.8 Å². The Morgan fingerprint density at radius 1 is 1.21 bits per heavy atom. The van der Waals surface area contributed by atoms with Gasteiger partial charge >= 0.3 is 0 Å². The van der Waals surface area contributed by atoms with Crippen LogP contribution in [0.15, 0.2) is 53.6 Å². The van der Waals surface area contributed by atoms with Gasteiger partial charge in [-0.3, -0.25) is 9.59 Å².